The molecule has 88 valence electrons. The molecule has 0 radical (unpaired) electrons. The smallest absolute Gasteiger partial charge is 0.169 e. The van der Waals surface area contributed by atoms with Gasteiger partial charge < -0.3 is 4.74 Å². The van der Waals surface area contributed by atoms with Gasteiger partial charge in [-0.15, -0.1) is 0 Å². The van der Waals surface area contributed by atoms with Gasteiger partial charge in [0.25, 0.3) is 0 Å². The zero-order valence-electron chi connectivity index (χ0n) is 10.0. The van der Waals surface area contributed by atoms with E-state index < -0.39 is 0 Å². The summed E-state index contributed by atoms with van der Waals surface area (Å²) in [6, 6.07) is 5.82. The summed E-state index contributed by atoms with van der Waals surface area (Å²) >= 11 is 0. The molecule has 2 aliphatic rings. The first-order valence-electron chi connectivity index (χ1n) is 6.12. The average Bonchev–Trinajstić information content (AvgIpc) is 2.84. The predicted octanol–water partition coefficient (Wildman–Crippen LogP) is 3.16. The van der Waals surface area contributed by atoms with Gasteiger partial charge in [0.15, 0.2) is 5.78 Å². The molecule has 17 heavy (non-hydrogen) atoms. The molecule has 2 nitrogen and oxygen atoms in total. The van der Waals surface area contributed by atoms with Gasteiger partial charge in [0.1, 0.15) is 5.75 Å². The van der Waals surface area contributed by atoms with Crippen molar-refractivity contribution in [2.75, 3.05) is 7.11 Å². The summed E-state index contributed by atoms with van der Waals surface area (Å²) < 4.78 is 5.21. The van der Waals surface area contributed by atoms with Crippen molar-refractivity contribution in [2.24, 2.45) is 5.41 Å². The minimum atomic E-state index is -0.123. The molecule has 0 saturated heterocycles. The minimum Gasteiger partial charge on any atom is -0.497 e. The molecule has 0 amide bonds. The first kappa shape index (κ1) is 10.6. The highest BCUT2D eigenvalue weighted by Crippen LogP contribution is 2.45. The van der Waals surface area contributed by atoms with Crippen molar-refractivity contribution in [3.63, 3.8) is 0 Å². The van der Waals surface area contributed by atoms with Crippen LogP contribution in [-0.4, -0.2) is 12.9 Å². The largest absolute Gasteiger partial charge is 0.497 e. The van der Waals surface area contributed by atoms with Crippen LogP contribution < -0.4 is 4.74 Å². The van der Waals surface area contributed by atoms with Gasteiger partial charge in [-0.3, -0.25) is 4.79 Å². The third-order valence-corrected chi connectivity index (χ3v) is 4.10. The fourth-order valence-corrected chi connectivity index (χ4v) is 2.99. The molecule has 0 heterocycles. The molecule has 0 bridgehead atoms. The summed E-state index contributed by atoms with van der Waals surface area (Å²) in [5, 5.41) is 0. The Hall–Kier alpha value is -1.57. The van der Waals surface area contributed by atoms with E-state index in [4.69, 9.17) is 4.74 Å². The Balaban J connectivity index is 2.01. The van der Waals surface area contributed by atoms with Crippen LogP contribution in [0.15, 0.2) is 30.4 Å². The molecule has 1 aromatic carbocycles. The molecule has 0 saturated carbocycles. The lowest BCUT2D eigenvalue weighted by Gasteiger charge is -2.33. The number of Topliss-reactive ketones (excluding diaryl/α,β-unsaturated/α-hetero) is 1. The van der Waals surface area contributed by atoms with Crippen LogP contribution in [-0.2, 0) is 6.42 Å². The zero-order chi connectivity index (χ0) is 11.9. The van der Waals surface area contributed by atoms with Gasteiger partial charge in [-0.05, 0) is 49.4 Å². The second-order valence-electron chi connectivity index (χ2n) is 5.01. The van der Waals surface area contributed by atoms with Crippen LogP contribution in [0.25, 0.3) is 0 Å². The van der Waals surface area contributed by atoms with Gasteiger partial charge in [-0.2, -0.15) is 0 Å². The van der Waals surface area contributed by atoms with Gasteiger partial charge in [0.2, 0.25) is 0 Å². The number of hydrogen-bond acceptors (Lipinski definition) is 2. The Labute approximate surface area is 101 Å². The lowest BCUT2D eigenvalue weighted by atomic mass is 9.69. The highest BCUT2D eigenvalue weighted by atomic mass is 16.5. The number of hydrogen-bond donors (Lipinski definition) is 0. The monoisotopic (exact) mass is 228 g/mol. The predicted molar refractivity (Wildman–Crippen MR) is 66.5 cm³/mol. The number of ether oxygens (including phenoxy) is 1. The van der Waals surface area contributed by atoms with Crippen LogP contribution in [0.5, 0.6) is 5.75 Å². The van der Waals surface area contributed by atoms with Crippen molar-refractivity contribution in [1.82, 2.24) is 0 Å². The maximum absolute atomic E-state index is 12.6. The van der Waals surface area contributed by atoms with Crippen molar-refractivity contribution in [3.8, 4) is 5.75 Å². The fraction of sp³-hybridized carbons (Fsp3) is 0.400. The maximum Gasteiger partial charge on any atom is 0.169 e. The van der Waals surface area contributed by atoms with E-state index in [1.165, 1.54) is 0 Å². The molecule has 1 spiro atoms. The second kappa shape index (κ2) is 3.73. The summed E-state index contributed by atoms with van der Waals surface area (Å²) in [6.45, 7) is 0. The van der Waals surface area contributed by atoms with Gasteiger partial charge in [-0.1, -0.05) is 12.2 Å². The fourth-order valence-electron chi connectivity index (χ4n) is 2.99. The molecular formula is C15H16O2. The summed E-state index contributed by atoms with van der Waals surface area (Å²) in [4.78, 5) is 12.6. The third-order valence-electron chi connectivity index (χ3n) is 4.10. The van der Waals surface area contributed by atoms with E-state index in [1.54, 1.807) is 7.11 Å². The van der Waals surface area contributed by atoms with Gasteiger partial charge in [0, 0.05) is 11.0 Å². The van der Waals surface area contributed by atoms with Crippen LogP contribution in [0.3, 0.4) is 0 Å². The van der Waals surface area contributed by atoms with Crippen molar-refractivity contribution < 1.29 is 9.53 Å². The van der Waals surface area contributed by atoms with E-state index in [-0.39, 0.29) is 5.41 Å². The molecule has 3 rings (SSSR count). The normalized spacial score (nSPS) is 20.6. The Morgan fingerprint density at radius 3 is 2.71 bits per heavy atom. The van der Waals surface area contributed by atoms with E-state index in [0.717, 1.165) is 42.6 Å². The number of ketones is 1. The van der Waals surface area contributed by atoms with Crippen LogP contribution in [0.2, 0.25) is 0 Å². The molecule has 0 unspecified atom stereocenters. The Morgan fingerprint density at radius 1 is 1.24 bits per heavy atom. The SMILES string of the molecule is COc1ccc2c(c1)CCC1(CC=CC1)C2=O. The van der Waals surface area contributed by atoms with E-state index in [0.29, 0.717) is 5.78 Å². The highest BCUT2D eigenvalue weighted by Gasteiger charge is 2.42. The Bertz CT molecular complexity index is 492. The Morgan fingerprint density at radius 2 is 2.00 bits per heavy atom. The Kier molecular flexibility index (Phi) is 2.32. The lowest BCUT2D eigenvalue weighted by Crippen LogP contribution is -2.33. The number of rotatable bonds is 1. The summed E-state index contributed by atoms with van der Waals surface area (Å²) in [5.41, 5.74) is 1.93. The van der Waals surface area contributed by atoms with E-state index in [9.17, 15) is 4.79 Å². The van der Waals surface area contributed by atoms with Gasteiger partial charge in [0.05, 0.1) is 7.11 Å². The van der Waals surface area contributed by atoms with Crippen molar-refractivity contribution >= 4 is 5.78 Å². The van der Waals surface area contributed by atoms with Crippen LogP contribution in [0.4, 0.5) is 0 Å². The topological polar surface area (TPSA) is 26.3 Å². The summed E-state index contributed by atoms with van der Waals surface area (Å²) in [6.07, 6.45) is 8.08. The highest BCUT2D eigenvalue weighted by molar-refractivity contribution is 6.03. The molecule has 2 aliphatic carbocycles. The number of carbonyl (C=O) groups is 1. The van der Waals surface area contributed by atoms with Crippen LogP contribution in [0.1, 0.15) is 35.2 Å². The zero-order valence-corrected chi connectivity index (χ0v) is 10.0. The number of benzene rings is 1. The number of fused-ring (bicyclic) bond motifs is 1. The minimum absolute atomic E-state index is 0.123. The van der Waals surface area contributed by atoms with Crippen LogP contribution in [0, 0.1) is 5.41 Å². The van der Waals surface area contributed by atoms with Crippen molar-refractivity contribution in [2.45, 2.75) is 25.7 Å². The number of carbonyl (C=O) groups excluding carboxylic acids is 1. The molecular weight excluding hydrogens is 212 g/mol. The van der Waals surface area contributed by atoms with Crippen molar-refractivity contribution in [1.29, 1.82) is 0 Å². The maximum atomic E-state index is 12.6. The van der Waals surface area contributed by atoms with E-state index >= 15 is 0 Å². The molecule has 1 aromatic rings. The van der Waals surface area contributed by atoms with E-state index in [1.807, 2.05) is 18.2 Å². The number of allylic oxidation sites excluding steroid dienone is 2. The molecule has 0 fully saturated rings. The van der Waals surface area contributed by atoms with Gasteiger partial charge in [-0.25, -0.2) is 0 Å². The first-order valence-corrected chi connectivity index (χ1v) is 6.12. The number of aryl methyl sites for hydroxylation is 1. The number of methoxy groups -OCH3 is 1. The van der Waals surface area contributed by atoms with Gasteiger partial charge >= 0.3 is 0 Å². The summed E-state index contributed by atoms with van der Waals surface area (Å²) in [7, 11) is 1.66. The standard InChI is InChI=1S/C15H16O2/c1-17-12-4-5-13-11(10-12)6-9-15(14(13)16)7-2-3-8-15/h2-5,10H,6-9H2,1H3. The molecule has 0 atom stereocenters. The molecule has 2 heteroatoms. The van der Waals surface area contributed by atoms with Crippen molar-refractivity contribution in [3.05, 3.63) is 41.5 Å². The lowest BCUT2D eigenvalue weighted by molar-refractivity contribution is 0.0775. The second-order valence-corrected chi connectivity index (χ2v) is 5.01. The average molecular weight is 228 g/mol. The molecule has 0 aromatic heterocycles. The molecule has 0 N–H and O–H groups in total. The molecule has 0 aliphatic heterocycles. The van der Waals surface area contributed by atoms with Crippen LogP contribution >= 0.6 is 0 Å². The summed E-state index contributed by atoms with van der Waals surface area (Å²) in [5.74, 6) is 1.17. The third kappa shape index (κ3) is 1.51. The van der Waals surface area contributed by atoms with E-state index in [2.05, 4.69) is 12.2 Å². The first-order chi connectivity index (χ1) is 8.25. The quantitative estimate of drug-likeness (QED) is 0.690.